The Morgan fingerprint density at radius 1 is 1.23 bits per heavy atom. The Balaban J connectivity index is 1.59. The van der Waals surface area contributed by atoms with E-state index in [-0.39, 0.29) is 6.03 Å². The molecule has 7 nitrogen and oxygen atoms in total. The maximum absolute atomic E-state index is 12.0. The number of rotatable bonds is 5. The first kappa shape index (κ1) is 17.0. The van der Waals surface area contributed by atoms with Gasteiger partial charge in [-0.2, -0.15) is 5.26 Å². The molecule has 3 N–H and O–H groups in total. The molecule has 0 unspecified atom stereocenters. The van der Waals surface area contributed by atoms with Gasteiger partial charge in [0.15, 0.2) is 0 Å². The molecule has 0 aliphatic heterocycles. The van der Waals surface area contributed by atoms with Gasteiger partial charge in [-0.25, -0.2) is 9.78 Å². The van der Waals surface area contributed by atoms with E-state index in [1.807, 2.05) is 13.0 Å². The molecule has 3 aromatic rings. The average molecular weight is 347 g/mol. The summed E-state index contributed by atoms with van der Waals surface area (Å²) in [6.07, 6.45) is 3.33. The maximum Gasteiger partial charge on any atom is 0.319 e. The molecule has 130 valence electrons. The Labute approximate surface area is 150 Å². The van der Waals surface area contributed by atoms with Gasteiger partial charge in [0.25, 0.3) is 0 Å². The number of anilines is 1. The SMILES string of the molecule is Cc1cc(Oc2ccc(C#N)cc2)ccc1NC(=O)NCc1ncc[nH]1. The fourth-order valence-electron chi connectivity index (χ4n) is 2.30. The lowest BCUT2D eigenvalue weighted by Gasteiger charge is -2.12. The van der Waals surface area contributed by atoms with Crippen molar-refractivity contribution in [2.24, 2.45) is 0 Å². The Kier molecular flexibility index (Phi) is 5.15. The Morgan fingerprint density at radius 2 is 2.00 bits per heavy atom. The number of amides is 2. The lowest BCUT2D eigenvalue weighted by molar-refractivity contribution is 0.251. The molecular formula is C19H17N5O2. The van der Waals surface area contributed by atoms with Gasteiger partial charge in [0.05, 0.1) is 18.2 Å². The minimum Gasteiger partial charge on any atom is -0.457 e. The van der Waals surface area contributed by atoms with Crippen LogP contribution in [0.5, 0.6) is 11.5 Å². The van der Waals surface area contributed by atoms with Gasteiger partial charge in [-0.1, -0.05) is 0 Å². The van der Waals surface area contributed by atoms with Gasteiger partial charge in [0, 0.05) is 18.1 Å². The summed E-state index contributed by atoms with van der Waals surface area (Å²) < 4.78 is 5.76. The second-order valence-corrected chi connectivity index (χ2v) is 5.56. The van der Waals surface area contributed by atoms with Crippen molar-refractivity contribution in [2.75, 3.05) is 5.32 Å². The van der Waals surface area contributed by atoms with Crippen molar-refractivity contribution in [3.05, 3.63) is 71.8 Å². The Hall–Kier alpha value is -3.79. The van der Waals surface area contributed by atoms with E-state index in [2.05, 4.69) is 26.7 Å². The van der Waals surface area contributed by atoms with E-state index in [0.717, 1.165) is 5.56 Å². The molecular weight excluding hydrogens is 330 g/mol. The van der Waals surface area contributed by atoms with Crippen molar-refractivity contribution in [3.8, 4) is 17.6 Å². The van der Waals surface area contributed by atoms with Gasteiger partial charge in [-0.15, -0.1) is 0 Å². The van der Waals surface area contributed by atoms with Gasteiger partial charge in [0.2, 0.25) is 0 Å². The van der Waals surface area contributed by atoms with E-state index in [9.17, 15) is 4.79 Å². The molecule has 0 atom stereocenters. The number of carbonyl (C=O) groups is 1. The molecule has 0 saturated carbocycles. The number of benzene rings is 2. The van der Waals surface area contributed by atoms with Crippen LogP contribution >= 0.6 is 0 Å². The number of urea groups is 1. The number of nitriles is 1. The number of nitrogens with one attached hydrogen (secondary N) is 3. The van der Waals surface area contributed by atoms with Crippen LogP contribution in [0, 0.1) is 18.3 Å². The molecule has 7 heteroatoms. The summed E-state index contributed by atoms with van der Waals surface area (Å²) in [6.45, 7) is 2.20. The topological polar surface area (TPSA) is 103 Å². The van der Waals surface area contributed by atoms with Crippen LogP contribution < -0.4 is 15.4 Å². The van der Waals surface area contributed by atoms with E-state index >= 15 is 0 Å². The zero-order valence-electron chi connectivity index (χ0n) is 14.1. The summed E-state index contributed by atoms with van der Waals surface area (Å²) in [4.78, 5) is 18.9. The fraction of sp³-hybridized carbons (Fsp3) is 0.105. The number of hydrogen-bond donors (Lipinski definition) is 3. The molecule has 0 radical (unpaired) electrons. The summed E-state index contributed by atoms with van der Waals surface area (Å²) in [6, 6.07) is 14.0. The predicted octanol–water partition coefficient (Wildman–Crippen LogP) is 3.70. The maximum atomic E-state index is 12.0. The van der Waals surface area contributed by atoms with E-state index in [4.69, 9.17) is 10.00 Å². The van der Waals surface area contributed by atoms with Gasteiger partial charge < -0.3 is 20.4 Å². The number of ether oxygens (including phenoxy) is 1. The first-order valence-electron chi connectivity index (χ1n) is 7.96. The van der Waals surface area contributed by atoms with Crippen LogP contribution in [0.25, 0.3) is 0 Å². The molecule has 0 saturated heterocycles. The van der Waals surface area contributed by atoms with Crippen molar-refractivity contribution in [1.82, 2.24) is 15.3 Å². The highest BCUT2D eigenvalue weighted by molar-refractivity contribution is 5.90. The zero-order valence-corrected chi connectivity index (χ0v) is 14.1. The summed E-state index contributed by atoms with van der Waals surface area (Å²) in [7, 11) is 0. The monoisotopic (exact) mass is 347 g/mol. The fourth-order valence-corrected chi connectivity index (χ4v) is 2.30. The quantitative estimate of drug-likeness (QED) is 0.654. The number of hydrogen-bond acceptors (Lipinski definition) is 4. The highest BCUT2D eigenvalue weighted by Crippen LogP contribution is 2.26. The van der Waals surface area contributed by atoms with E-state index in [0.29, 0.717) is 35.1 Å². The molecule has 2 aromatic carbocycles. The third-order valence-electron chi connectivity index (χ3n) is 3.64. The van der Waals surface area contributed by atoms with Crippen LogP contribution in [-0.4, -0.2) is 16.0 Å². The third-order valence-corrected chi connectivity index (χ3v) is 3.64. The first-order chi connectivity index (χ1) is 12.6. The molecule has 0 spiro atoms. The Morgan fingerprint density at radius 3 is 2.65 bits per heavy atom. The van der Waals surface area contributed by atoms with Crippen molar-refractivity contribution in [2.45, 2.75) is 13.5 Å². The number of imidazole rings is 1. The first-order valence-corrected chi connectivity index (χ1v) is 7.96. The molecule has 2 amide bonds. The number of H-pyrrole nitrogens is 1. The van der Waals surface area contributed by atoms with Crippen molar-refractivity contribution in [3.63, 3.8) is 0 Å². The average Bonchev–Trinajstić information content (AvgIpc) is 3.16. The normalized spacial score (nSPS) is 10.0. The van der Waals surface area contributed by atoms with E-state index < -0.39 is 0 Å². The molecule has 0 aliphatic rings. The number of aromatic amines is 1. The minimum atomic E-state index is -0.315. The van der Waals surface area contributed by atoms with Crippen LogP contribution in [0.2, 0.25) is 0 Å². The summed E-state index contributed by atoms with van der Waals surface area (Å²) in [5.41, 5.74) is 2.13. The lowest BCUT2D eigenvalue weighted by atomic mass is 10.2. The molecule has 26 heavy (non-hydrogen) atoms. The Bertz CT molecular complexity index is 928. The van der Waals surface area contributed by atoms with Gasteiger partial charge in [0.1, 0.15) is 17.3 Å². The lowest BCUT2D eigenvalue weighted by Crippen LogP contribution is -2.28. The smallest absolute Gasteiger partial charge is 0.319 e. The van der Waals surface area contributed by atoms with E-state index in [1.54, 1.807) is 48.8 Å². The second kappa shape index (κ2) is 7.85. The molecule has 0 bridgehead atoms. The summed E-state index contributed by atoms with van der Waals surface area (Å²) in [5, 5.41) is 14.3. The van der Waals surface area contributed by atoms with Crippen molar-refractivity contribution >= 4 is 11.7 Å². The van der Waals surface area contributed by atoms with Gasteiger partial charge in [-0.05, 0) is 55.0 Å². The largest absolute Gasteiger partial charge is 0.457 e. The summed E-state index contributed by atoms with van der Waals surface area (Å²) in [5.74, 6) is 1.97. The van der Waals surface area contributed by atoms with Crippen LogP contribution in [0.4, 0.5) is 10.5 Å². The predicted molar refractivity (Wildman–Crippen MR) is 96.9 cm³/mol. The highest BCUT2D eigenvalue weighted by atomic mass is 16.5. The van der Waals surface area contributed by atoms with Gasteiger partial charge >= 0.3 is 6.03 Å². The number of aromatic nitrogens is 2. The minimum absolute atomic E-state index is 0.315. The van der Waals surface area contributed by atoms with E-state index in [1.165, 1.54) is 0 Å². The van der Waals surface area contributed by atoms with Crippen molar-refractivity contribution < 1.29 is 9.53 Å². The van der Waals surface area contributed by atoms with Crippen molar-refractivity contribution in [1.29, 1.82) is 5.26 Å². The molecule has 3 rings (SSSR count). The highest BCUT2D eigenvalue weighted by Gasteiger charge is 2.07. The molecule has 1 heterocycles. The molecule has 1 aromatic heterocycles. The van der Waals surface area contributed by atoms with Gasteiger partial charge in [-0.3, -0.25) is 0 Å². The molecule has 0 aliphatic carbocycles. The number of carbonyl (C=O) groups excluding carboxylic acids is 1. The summed E-state index contributed by atoms with van der Waals surface area (Å²) >= 11 is 0. The second-order valence-electron chi connectivity index (χ2n) is 5.56. The number of aryl methyl sites for hydroxylation is 1. The third kappa shape index (κ3) is 4.39. The van der Waals surface area contributed by atoms with Crippen LogP contribution in [0.15, 0.2) is 54.9 Å². The van der Waals surface area contributed by atoms with Crippen LogP contribution in [-0.2, 0) is 6.54 Å². The van der Waals surface area contributed by atoms with Crippen LogP contribution in [0.1, 0.15) is 17.0 Å². The molecule has 0 fully saturated rings. The zero-order chi connectivity index (χ0) is 18.4. The number of nitrogens with zero attached hydrogens (tertiary/aromatic N) is 2. The standard InChI is InChI=1S/C19H17N5O2/c1-13-10-16(26-15-4-2-14(11-20)3-5-15)6-7-17(13)24-19(25)23-12-18-21-8-9-22-18/h2-10H,12H2,1H3,(H,21,22)(H2,23,24,25). The van der Waals surface area contributed by atoms with Crippen LogP contribution in [0.3, 0.4) is 0 Å².